The predicted octanol–water partition coefficient (Wildman–Crippen LogP) is 0.113. The molecule has 1 rings (SSSR count). The molecule has 7 heteroatoms. The number of carboxylic acid groups (broad SMARTS) is 1. The standard InChI is InChI=1S/C12H21N3O4/c1-3-14-7-8-15(9(2)11(14)18)12(19)13-6-4-5-10(16)17/h9H,3-8H2,1-2H3,(H,13,19)(H,16,17). The second-order valence-corrected chi connectivity index (χ2v) is 4.52. The van der Waals surface area contributed by atoms with Crippen LogP contribution in [0.3, 0.4) is 0 Å². The van der Waals surface area contributed by atoms with Crippen molar-refractivity contribution in [2.24, 2.45) is 0 Å². The van der Waals surface area contributed by atoms with Gasteiger partial charge in [0.2, 0.25) is 5.91 Å². The second kappa shape index (κ2) is 6.96. The van der Waals surface area contributed by atoms with Gasteiger partial charge in [-0.3, -0.25) is 9.59 Å². The van der Waals surface area contributed by atoms with E-state index in [1.165, 1.54) is 4.90 Å². The first-order valence-corrected chi connectivity index (χ1v) is 6.52. The Hall–Kier alpha value is -1.79. The number of aliphatic carboxylic acids is 1. The number of amides is 3. The number of hydrogen-bond acceptors (Lipinski definition) is 3. The molecule has 0 bridgehead atoms. The van der Waals surface area contributed by atoms with E-state index in [0.717, 1.165) is 0 Å². The van der Waals surface area contributed by atoms with Crippen LogP contribution in [0, 0.1) is 0 Å². The monoisotopic (exact) mass is 271 g/mol. The number of hydrogen-bond donors (Lipinski definition) is 2. The summed E-state index contributed by atoms with van der Waals surface area (Å²) in [5.74, 6) is -0.927. The number of piperazine rings is 1. The minimum atomic E-state index is -0.880. The molecule has 1 heterocycles. The molecule has 2 N–H and O–H groups in total. The van der Waals surface area contributed by atoms with E-state index in [9.17, 15) is 14.4 Å². The molecule has 1 aliphatic rings. The molecule has 19 heavy (non-hydrogen) atoms. The molecule has 1 atom stereocenters. The summed E-state index contributed by atoms with van der Waals surface area (Å²) in [7, 11) is 0. The highest BCUT2D eigenvalue weighted by Crippen LogP contribution is 2.10. The van der Waals surface area contributed by atoms with E-state index in [-0.39, 0.29) is 18.4 Å². The van der Waals surface area contributed by atoms with Gasteiger partial charge in [-0.05, 0) is 20.3 Å². The summed E-state index contributed by atoms with van der Waals surface area (Å²) in [5, 5.41) is 11.1. The summed E-state index contributed by atoms with van der Waals surface area (Å²) in [5.41, 5.74) is 0. The molecular weight excluding hydrogens is 250 g/mol. The van der Waals surface area contributed by atoms with E-state index >= 15 is 0 Å². The fourth-order valence-corrected chi connectivity index (χ4v) is 2.06. The number of likely N-dealkylation sites (N-methyl/N-ethyl adjacent to an activating group) is 1. The Labute approximate surface area is 112 Å². The van der Waals surface area contributed by atoms with Crippen LogP contribution in [0.15, 0.2) is 0 Å². The van der Waals surface area contributed by atoms with Crippen molar-refractivity contribution < 1.29 is 19.5 Å². The van der Waals surface area contributed by atoms with Crippen LogP contribution in [0.1, 0.15) is 26.7 Å². The third-order valence-electron chi connectivity index (χ3n) is 3.23. The van der Waals surface area contributed by atoms with Gasteiger partial charge in [-0.1, -0.05) is 0 Å². The van der Waals surface area contributed by atoms with Crippen molar-refractivity contribution in [1.82, 2.24) is 15.1 Å². The molecule has 1 unspecified atom stereocenters. The highest BCUT2D eigenvalue weighted by molar-refractivity contribution is 5.88. The second-order valence-electron chi connectivity index (χ2n) is 4.52. The number of nitrogens with one attached hydrogen (secondary N) is 1. The average Bonchev–Trinajstić information content (AvgIpc) is 2.37. The molecule has 108 valence electrons. The molecule has 1 fully saturated rings. The van der Waals surface area contributed by atoms with Crippen LogP contribution in [-0.4, -0.2) is 65.0 Å². The quantitative estimate of drug-likeness (QED) is 0.695. The zero-order valence-electron chi connectivity index (χ0n) is 11.4. The Bertz CT molecular complexity index is 359. The molecule has 3 amide bonds. The lowest BCUT2D eigenvalue weighted by atomic mass is 10.2. The van der Waals surface area contributed by atoms with Gasteiger partial charge in [-0.15, -0.1) is 0 Å². The molecule has 7 nitrogen and oxygen atoms in total. The molecule has 0 radical (unpaired) electrons. The fraction of sp³-hybridized carbons (Fsp3) is 0.750. The SMILES string of the molecule is CCN1CCN(C(=O)NCCCC(=O)O)C(C)C1=O. The normalized spacial score (nSPS) is 19.5. The van der Waals surface area contributed by atoms with E-state index in [4.69, 9.17) is 5.11 Å². The van der Waals surface area contributed by atoms with Crippen molar-refractivity contribution in [3.8, 4) is 0 Å². The number of carboxylic acids is 1. The Morgan fingerprint density at radius 2 is 2.11 bits per heavy atom. The average molecular weight is 271 g/mol. The van der Waals surface area contributed by atoms with Gasteiger partial charge in [0.05, 0.1) is 0 Å². The van der Waals surface area contributed by atoms with Crippen molar-refractivity contribution in [1.29, 1.82) is 0 Å². The van der Waals surface area contributed by atoms with Crippen LogP contribution in [0.5, 0.6) is 0 Å². The fourth-order valence-electron chi connectivity index (χ4n) is 2.06. The molecule has 0 spiro atoms. The van der Waals surface area contributed by atoms with Crippen LogP contribution in [-0.2, 0) is 9.59 Å². The van der Waals surface area contributed by atoms with Crippen molar-refractivity contribution >= 4 is 17.9 Å². The number of rotatable bonds is 5. The van der Waals surface area contributed by atoms with E-state index in [1.54, 1.807) is 11.8 Å². The maximum Gasteiger partial charge on any atom is 0.318 e. The Morgan fingerprint density at radius 1 is 1.42 bits per heavy atom. The van der Waals surface area contributed by atoms with Crippen molar-refractivity contribution in [3.63, 3.8) is 0 Å². The summed E-state index contributed by atoms with van der Waals surface area (Å²) in [6, 6.07) is -0.768. The third-order valence-corrected chi connectivity index (χ3v) is 3.23. The van der Waals surface area contributed by atoms with Crippen LogP contribution >= 0.6 is 0 Å². The maximum atomic E-state index is 11.9. The topological polar surface area (TPSA) is 89.9 Å². The first-order chi connectivity index (χ1) is 8.97. The maximum absolute atomic E-state index is 11.9. The van der Waals surface area contributed by atoms with Crippen molar-refractivity contribution in [3.05, 3.63) is 0 Å². The smallest absolute Gasteiger partial charge is 0.318 e. The number of nitrogens with zero attached hydrogens (tertiary/aromatic N) is 2. The summed E-state index contributed by atoms with van der Waals surface area (Å²) in [4.78, 5) is 37.4. The van der Waals surface area contributed by atoms with Gasteiger partial charge in [-0.25, -0.2) is 4.79 Å². The van der Waals surface area contributed by atoms with E-state index in [0.29, 0.717) is 32.6 Å². The lowest BCUT2D eigenvalue weighted by molar-refractivity contribution is -0.139. The minimum Gasteiger partial charge on any atom is -0.481 e. The zero-order chi connectivity index (χ0) is 14.4. The van der Waals surface area contributed by atoms with Crippen LogP contribution in [0.25, 0.3) is 0 Å². The van der Waals surface area contributed by atoms with E-state index in [1.807, 2.05) is 6.92 Å². The Balaban J connectivity index is 2.40. The van der Waals surface area contributed by atoms with Crippen LogP contribution in [0.4, 0.5) is 4.79 Å². The lowest BCUT2D eigenvalue weighted by Gasteiger charge is -2.38. The molecule has 0 saturated carbocycles. The zero-order valence-corrected chi connectivity index (χ0v) is 11.4. The molecule has 1 saturated heterocycles. The molecule has 0 aromatic heterocycles. The summed E-state index contributed by atoms with van der Waals surface area (Å²) >= 11 is 0. The van der Waals surface area contributed by atoms with Crippen LogP contribution < -0.4 is 5.32 Å². The van der Waals surface area contributed by atoms with Gasteiger partial charge in [0.25, 0.3) is 0 Å². The number of carbonyl (C=O) groups is 3. The molecular formula is C12H21N3O4. The summed E-state index contributed by atoms with van der Waals surface area (Å²) in [6.07, 6.45) is 0.413. The first-order valence-electron chi connectivity index (χ1n) is 6.52. The van der Waals surface area contributed by atoms with Crippen molar-refractivity contribution in [2.75, 3.05) is 26.2 Å². The van der Waals surface area contributed by atoms with E-state index < -0.39 is 12.0 Å². The highest BCUT2D eigenvalue weighted by Gasteiger charge is 2.33. The molecule has 0 aromatic rings. The van der Waals surface area contributed by atoms with Gasteiger partial charge in [-0.2, -0.15) is 0 Å². The van der Waals surface area contributed by atoms with Crippen LogP contribution in [0.2, 0.25) is 0 Å². The molecule has 0 aliphatic carbocycles. The Kier molecular flexibility index (Phi) is 5.59. The largest absolute Gasteiger partial charge is 0.481 e. The minimum absolute atomic E-state index is 0.0262. The molecule has 0 aromatic carbocycles. The third kappa shape index (κ3) is 4.11. The summed E-state index contributed by atoms with van der Waals surface area (Å²) < 4.78 is 0. The first kappa shape index (κ1) is 15.3. The van der Waals surface area contributed by atoms with E-state index in [2.05, 4.69) is 5.32 Å². The predicted molar refractivity (Wildman–Crippen MR) is 68.7 cm³/mol. The Morgan fingerprint density at radius 3 is 2.68 bits per heavy atom. The van der Waals surface area contributed by atoms with Gasteiger partial charge in [0, 0.05) is 32.6 Å². The summed E-state index contributed by atoms with van der Waals surface area (Å²) in [6.45, 7) is 5.62. The lowest BCUT2D eigenvalue weighted by Crippen LogP contribution is -2.59. The highest BCUT2D eigenvalue weighted by atomic mass is 16.4. The van der Waals surface area contributed by atoms with Gasteiger partial charge < -0.3 is 20.2 Å². The van der Waals surface area contributed by atoms with Gasteiger partial charge >= 0.3 is 12.0 Å². The molecule has 1 aliphatic heterocycles. The number of carbonyl (C=O) groups excluding carboxylic acids is 2. The van der Waals surface area contributed by atoms with Crippen molar-refractivity contribution in [2.45, 2.75) is 32.7 Å². The van der Waals surface area contributed by atoms with Gasteiger partial charge in [0.15, 0.2) is 0 Å². The van der Waals surface area contributed by atoms with Gasteiger partial charge in [0.1, 0.15) is 6.04 Å². The number of urea groups is 1.